The molecule has 0 amide bonds. The van der Waals surface area contributed by atoms with Crippen LogP contribution in [0.2, 0.25) is 0 Å². The van der Waals surface area contributed by atoms with Gasteiger partial charge in [0.05, 0.1) is 80.1 Å². The first-order valence-corrected chi connectivity index (χ1v) is 21.2. The molecule has 13 rings (SSSR count). The maximum atomic E-state index is 10.1. The van der Waals surface area contributed by atoms with E-state index in [9.17, 15) is 19.2 Å². The average Bonchev–Trinajstić information content (AvgIpc) is 1.50. The van der Waals surface area contributed by atoms with E-state index in [1.807, 2.05) is 0 Å². The fourth-order valence-electron chi connectivity index (χ4n) is 9.38. The maximum absolute atomic E-state index is 10.1. The van der Waals surface area contributed by atoms with Gasteiger partial charge in [0.2, 0.25) is 0 Å². The zero-order valence-electron chi connectivity index (χ0n) is 62.3. The van der Waals surface area contributed by atoms with Crippen molar-refractivity contribution in [1.82, 2.24) is 8.80 Å². The highest BCUT2D eigenvalue weighted by molar-refractivity contribution is 6.32. The molecular weight excluding hydrogens is 801 g/mol. The molecule has 0 spiro atoms. The van der Waals surface area contributed by atoms with Crippen LogP contribution in [0.3, 0.4) is 0 Å². The minimum Gasteiger partial charge on any atom is -0.310 e. The van der Waals surface area contributed by atoms with E-state index in [2.05, 4.69) is 0 Å². The molecule has 0 saturated heterocycles. The second-order valence-electron chi connectivity index (χ2n) is 18.3. The molecule has 66 heavy (non-hydrogen) atoms. The minimum atomic E-state index is -0.983. The van der Waals surface area contributed by atoms with Gasteiger partial charge in [0, 0.05) is 65.8 Å². The Balaban J connectivity index is 1.27. The van der Waals surface area contributed by atoms with E-state index in [1.165, 1.54) is 12.1 Å². The Kier molecular flexibility index (Phi) is 4.31. The summed E-state index contributed by atoms with van der Waals surface area (Å²) in [6, 6.07) is -8.61. The van der Waals surface area contributed by atoms with Crippen molar-refractivity contribution in [2.45, 2.75) is 52.4 Å². The third kappa shape index (κ3) is 5.51. The molecule has 4 aromatic heterocycles. The molecule has 0 unspecified atom stereocenters. The van der Waals surface area contributed by atoms with E-state index >= 15 is 0 Å². The first-order valence-electron chi connectivity index (χ1n) is 34.2. The van der Waals surface area contributed by atoms with E-state index in [-0.39, 0.29) is 102 Å². The quantitative estimate of drug-likeness (QED) is 0.165. The van der Waals surface area contributed by atoms with Gasteiger partial charge in [-0.15, -0.1) is 0 Å². The van der Waals surface area contributed by atoms with Crippen molar-refractivity contribution < 1.29 is 35.6 Å². The summed E-state index contributed by atoms with van der Waals surface area (Å²) in [6.07, 6.45) is 0. The average molecular weight is 877 g/mol. The fourth-order valence-corrected chi connectivity index (χ4v) is 9.38. The van der Waals surface area contributed by atoms with Gasteiger partial charge in [0.25, 0.3) is 0 Å². The Morgan fingerprint density at radius 3 is 1.02 bits per heavy atom. The summed E-state index contributed by atoms with van der Waals surface area (Å²) in [5.41, 5.74) is -3.45. The lowest BCUT2D eigenvalue weighted by atomic mass is 9.86. The molecular formula is C62H50N4. The third-order valence-corrected chi connectivity index (χ3v) is 12.3. The van der Waals surface area contributed by atoms with Crippen LogP contribution in [0.1, 0.15) is 88.3 Å². The number of aromatic nitrogens is 2. The zero-order valence-corrected chi connectivity index (χ0v) is 36.3. The topological polar surface area (TPSA) is 15.3 Å². The Bertz CT molecular complexity index is 4980. The Morgan fingerprint density at radius 2 is 0.697 bits per heavy atom. The highest BCUT2D eigenvalue weighted by Crippen LogP contribution is 2.52. The molecule has 4 heteroatoms. The van der Waals surface area contributed by atoms with Gasteiger partial charge in [-0.25, -0.2) is 0 Å². The molecule has 9 aromatic carbocycles. The fraction of sp³-hybridized carbons (Fsp3) is 0.129. The lowest BCUT2D eigenvalue weighted by Crippen LogP contribution is -2.11. The lowest BCUT2D eigenvalue weighted by Gasteiger charge is -2.26. The number of hydrogen-bond acceptors (Lipinski definition) is 2. The SMILES string of the molecule is [2H]c1c([2H])c([2H])c(N(c2c([2H])c([2H])c([2H])c([2H])c2[2H])c2ccc3c4cc5c(cc4n4c6c([2H])c([2H])c(C(C)(C)C)c([2H])c6c2c34)c2ccc(N(c3c([2H])c([2H])c([2H])c([2H])c3[2H])c3c([2H])c([2H])c([2H])c([2H])c3[2H])c3c4c([2H])c(C(C)(C)C)c([2H])c([2H])c4n5c23)c([2H])c1[2H]. The molecule has 0 fully saturated rings. The van der Waals surface area contributed by atoms with Crippen molar-refractivity contribution in [3.63, 3.8) is 0 Å². The molecule has 4 nitrogen and oxygen atoms in total. The van der Waals surface area contributed by atoms with E-state index in [0.717, 1.165) is 9.80 Å². The van der Waals surface area contributed by atoms with E-state index in [4.69, 9.17) is 16.4 Å². The summed E-state index contributed by atoms with van der Waals surface area (Å²) in [5, 5.41) is 1.65. The van der Waals surface area contributed by atoms with Crippen molar-refractivity contribution in [1.29, 1.82) is 0 Å². The first-order chi connectivity index (χ1) is 42.9. The third-order valence-electron chi connectivity index (χ3n) is 12.3. The number of benzene rings is 9. The first kappa shape index (κ1) is 20.6. The predicted octanol–water partition coefficient (Wildman–Crippen LogP) is 17.5. The van der Waals surface area contributed by atoms with Crippen molar-refractivity contribution in [2.24, 2.45) is 0 Å². The van der Waals surface area contributed by atoms with Gasteiger partial charge in [-0.1, -0.05) is 138 Å². The van der Waals surface area contributed by atoms with Crippen LogP contribution < -0.4 is 9.80 Å². The minimum absolute atomic E-state index is 0.0162. The molecule has 0 N–H and O–H groups in total. The molecule has 0 aliphatic heterocycles. The molecule has 0 radical (unpaired) electrons. The second kappa shape index (κ2) is 13.8. The normalized spacial score (nSPS) is 18.2. The predicted molar refractivity (Wildman–Crippen MR) is 283 cm³/mol. The smallest absolute Gasteiger partial charge is 0.0645 e. The van der Waals surface area contributed by atoms with E-state index in [1.54, 1.807) is 74.6 Å². The van der Waals surface area contributed by atoms with Crippen molar-refractivity contribution in [2.75, 3.05) is 9.80 Å². The lowest BCUT2D eigenvalue weighted by molar-refractivity contribution is 0.591. The number of hydrogen-bond donors (Lipinski definition) is 0. The van der Waals surface area contributed by atoms with Crippen LogP contribution in [0.4, 0.5) is 34.1 Å². The van der Waals surface area contributed by atoms with Gasteiger partial charge in [-0.2, -0.15) is 0 Å². The van der Waals surface area contributed by atoms with E-state index in [0.29, 0.717) is 32.6 Å². The molecule has 0 bridgehead atoms. The Morgan fingerprint density at radius 1 is 0.364 bits per heavy atom. The maximum Gasteiger partial charge on any atom is 0.0645 e. The van der Waals surface area contributed by atoms with Gasteiger partial charge in [0.15, 0.2) is 0 Å². The summed E-state index contributed by atoms with van der Waals surface area (Å²) in [5.74, 6) is 0. The van der Waals surface area contributed by atoms with Crippen molar-refractivity contribution in [3.8, 4) is 0 Å². The molecule has 13 aromatic rings. The molecule has 0 aliphatic rings. The van der Waals surface area contributed by atoms with Crippen molar-refractivity contribution >= 4 is 110 Å². The van der Waals surface area contributed by atoms with Gasteiger partial charge in [0.1, 0.15) is 0 Å². The number of anilines is 6. The van der Waals surface area contributed by atoms with Crippen LogP contribution >= 0.6 is 0 Å². The Labute approximate surface area is 421 Å². The summed E-state index contributed by atoms with van der Waals surface area (Å²) < 4.78 is 242. The summed E-state index contributed by atoms with van der Waals surface area (Å²) in [6.45, 7) is 10.5. The molecule has 318 valence electrons. The second-order valence-corrected chi connectivity index (χ2v) is 18.3. The van der Waals surface area contributed by atoms with Gasteiger partial charge in [-0.3, -0.25) is 0 Å². The highest BCUT2D eigenvalue weighted by atomic mass is 15.2. The van der Waals surface area contributed by atoms with Gasteiger partial charge >= 0.3 is 0 Å². The van der Waals surface area contributed by atoms with Crippen LogP contribution in [0, 0.1) is 0 Å². The number of para-hydroxylation sites is 4. The molecule has 0 aliphatic carbocycles. The number of fused-ring (bicyclic) bond motifs is 12. The standard InChI is InChI=1S/C62H50N4/c1-61(2,3)39-27-31-51-49(35-39)57-53(63(41-19-11-7-12-20-41)42-21-13-8-14-22-42)33-29-45-47-38-56-48(37-55(47)65(51)59(45)57)46-30-34-54(64(43-23-15-9-16-24-43)44-25-17-10-18-26-44)58-50-36-40(62(4,5)6)28-32-52(50)66(56)60(46)58/h7-38H,1-6H3/i7D,8D,9D,10D,11D,12D,13D,14D,15D,16D,17D,18D,19D,20D,21D,22D,23D,24D,25D,26D,27D,28D,31D,32D,35D,36D. The zero-order chi connectivity index (χ0) is 67.3. The van der Waals surface area contributed by atoms with Crippen LogP contribution in [-0.4, -0.2) is 8.80 Å². The van der Waals surface area contributed by atoms with Crippen LogP contribution in [0.15, 0.2) is 194 Å². The summed E-state index contributed by atoms with van der Waals surface area (Å²) in [4.78, 5) is 1.99. The van der Waals surface area contributed by atoms with E-state index < -0.39 is 154 Å². The molecule has 0 saturated carbocycles. The highest BCUT2D eigenvalue weighted by Gasteiger charge is 2.29. The monoisotopic (exact) mass is 877 g/mol. The van der Waals surface area contributed by atoms with Gasteiger partial charge < -0.3 is 18.6 Å². The Hall–Kier alpha value is -7.82. The molecule has 4 heterocycles. The summed E-state index contributed by atoms with van der Waals surface area (Å²) >= 11 is 0. The van der Waals surface area contributed by atoms with Crippen LogP contribution in [0.5, 0.6) is 0 Å². The number of rotatable bonds is 6. The largest absolute Gasteiger partial charge is 0.310 e. The van der Waals surface area contributed by atoms with Crippen molar-refractivity contribution in [3.05, 3.63) is 205 Å². The molecule has 0 atom stereocenters. The van der Waals surface area contributed by atoms with Gasteiger partial charge in [-0.05, 0) is 119 Å². The van der Waals surface area contributed by atoms with Crippen LogP contribution in [-0.2, 0) is 10.8 Å². The number of nitrogens with zero attached hydrogens (tertiary/aromatic N) is 4. The van der Waals surface area contributed by atoms with Crippen LogP contribution in [0.25, 0.3) is 76.2 Å². The summed E-state index contributed by atoms with van der Waals surface area (Å²) in [7, 11) is 0.